The summed E-state index contributed by atoms with van der Waals surface area (Å²) in [6.45, 7) is 3.76. The summed E-state index contributed by atoms with van der Waals surface area (Å²) in [5, 5.41) is 1.06. The predicted octanol–water partition coefficient (Wildman–Crippen LogP) is 4.58. The third-order valence-electron chi connectivity index (χ3n) is 3.75. The molecular weight excluding hydrogens is 365 g/mol. The van der Waals surface area contributed by atoms with E-state index in [1.54, 1.807) is 6.07 Å². The molecule has 3 aromatic rings. The van der Waals surface area contributed by atoms with Gasteiger partial charge in [-0.05, 0) is 36.6 Å². The van der Waals surface area contributed by atoms with Crippen LogP contribution in [0.25, 0.3) is 11.0 Å². The van der Waals surface area contributed by atoms with E-state index >= 15 is 0 Å². The number of benzene rings is 1. The maximum atomic E-state index is 12.4. The molecule has 2 aromatic heterocycles. The van der Waals surface area contributed by atoms with E-state index in [0.29, 0.717) is 17.8 Å². The largest absolute Gasteiger partial charge is 0.423 e. The molecule has 0 amide bonds. The lowest BCUT2D eigenvalue weighted by Gasteiger charge is -2.11. The van der Waals surface area contributed by atoms with Gasteiger partial charge in [0.2, 0.25) is 0 Å². The number of fused-ring (bicyclic) bond motifs is 1. The second-order valence-corrected chi connectivity index (χ2v) is 6.21. The molecule has 25 heavy (non-hydrogen) atoms. The van der Waals surface area contributed by atoms with E-state index < -0.39 is 11.6 Å². The van der Waals surface area contributed by atoms with E-state index in [9.17, 15) is 9.59 Å². The number of hydrogen-bond acceptors (Lipinski definition) is 5. The number of hydrogen-bond donors (Lipinski definition) is 0. The predicted molar refractivity (Wildman–Crippen MR) is 95.8 cm³/mol. The molecule has 0 N–H and O–H groups in total. The molecule has 0 aliphatic heterocycles. The van der Waals surface area contributed by atoms with Gasteiger partial charge in [0.15, 0.2) is 0 Å². The number of rotatable bonds is 3. The van der Waals surface area contributed by atoms with Crippen LogP contribution >= 0.6 is 23.2 Å². The number of aryl methyl sites for hydroxylation is 2. The van der Waals surface area contributed by atoms with E-state index in [4.69, 9.17) is 32.4 Å². The van der Waals surface area contributed by atoms with Crippen LogP contribution < -0.4 is 10.4 Å². The van der Waals surface area contributed by atoms with Gasteiger partial charge in [-0.25, -0.2) is 14.6 Å². The average Bonchev–Trinajstić information content (AvgIpc) is 2.56. The van der Waals surface area contributed by atoms with Gasteiger partial charge in [-0.3, -0.25) is 0 Å². The van der Waals surface area contributed by atoms with Crippen molar-refractivity contribution in [2.45, 2.75) is 20.3 Å². The Morgan fingerprint density at radius 2 is 2.00 bits per heavy atom. The standard InChI is InChI=1S/C18H13Cl2NO4/c1-3-10-5-12-9(2)4-16(22)24-15(12)7-14(10)25-18(23)11-6-13(19)17(20)21-8-11/h4-8H,3H2,1-2H3. The Morgan fingerprint density at radius 3 is 2.68 bits per heavy atom. The zero-order valence-electron chi connectivity index (χ0n) is 13.4. The Labute approximate surface area is 153 Å². The van der Waals surface area contributed by atoms with Crippen molar-refractivity contribution in [1.82, 2.24) is 4.98 Å². The smallest absolute Gasteiger partial charge is 0.345 e. The topological polar surface area (TPSA) is 69.4 Å². The molecule has 0 radical (unpaired) electrons. The van der Waals surface area contributed by atoms with Crippen LogP contribution in [0.2, 0.25) is 10.2 Å². The van der Waals surface area contributed by atoms with E-state index in [1.165, 1.54) is 18.3 Å². The lowest BCUT2D eigenvalue weighted by molar-refractivity contribution is 0.0733. The van der Waals surface area contributed by atoms with Crippen molar-refractivity contribution >= 4 is 40.1 Å². The second-order valence-electron chi connectivity index (χ2n) is 5.44. The Bertz CT molecular complexity index is 1040. The zero-order valence-corrected chi connectivity index (χ0v) is 14.9. The fraction of sp³-hybridized carbons (Fsp3) is 0.167. The molecule has 0 spiro atoms. The Balaban J connectivity index is 2.03. The molecule has 0 fully saturated rings. The number of halogens is 2. The van der Waals surface area contributed by atoms with Crippen molar-refractivity contribution in [2.24, 2.45) is 0 Å². The first-order valence-electron chi connectivity index (χ1n) is 7.49. The number of ether oxygens (including phenoxy) is 1. The second kappa shape index (κ2) is 6.86. The quantitative estimate of drug-likeness (QED) is 0.289. The summed E-state index contributed by atoms with van der Waals surface area (Å²) in [7, 11) is 0. The Kier molecular flexibility index (Phi) is 4.79. The fourth-order valence-electron chi connectivity index (χ4n) is 2.45. The molecule has 3 rings (SSSR count). The number of esters is 1. The summed E-state index contributed by atoms with van der Waals surface area (Å²) in [6.07, 6.45) is 1.92. The highest BCUT2D eigenvalue weighted by molar-refractivity contribution is 6.41. The summed E-state index contributed by atoms with van der Waals surface area (Å²) in [4.78, 5) is 27.8. The van der Waals surface area contributed by atoms with Crippen LogP contribution in [0.5, 0.6) is 5.75 Å². The van der Waals surface area contributed by atoms with Crippen molar-refractivity contribution in [1.29, 1.82) is 0 Å². The molecular formula is C18H13Cl2NO4. The van der Waals surface area contributed by atoms with Crippen molar-refractivity contribution in [3.8, 4) is 5.75 Å². The molecule has 0 atom stereocenters. The average molecular weight is 378 g/mol. The first-order valence-corrected chi connectivity index (χ1v) is 8.25. The first-order chi connectivity index (χ1) is 11.9. The minimum absolute atomic E-state index is 0.107. The molecule has 0 saturated heterocycles. The van der Waals surface area contributed by atoms with E-state index in [2.05, 4.69) is 4.98 Å². The van der Waals surface area contributed by atoms with Crippen molar-refractivity contribution in [3.05, 3.63) is 67.7 Å². The highest BCUT2D eigenvalue weighted by atomic mass is 35.5. The number of carbonyl (C=O) groups excluding carboxylic acids is 1. The zero-order chi connectivity index (χ0) is 18.1. The third kappa shape index (κ3) is 3.52. The van der Waals surface area contributed by atoms with Crippen molar-refractivity contribution in [2.75, 3.05) is 0 Å². The van der Waals surface area contributed by atoms with Gasteiger partial charge in [0.1, 0.15) is 16.5 Å². The molecule has 0 saturated carbocycles. The van der Waals surface area contributed by atoms with Gasteiger partial charge in [0.05, 0.1) is 10.6 Å². The van der Waals surface area contributed by atoms with Crippen LogP contribution in [-0.4, -0.2) is 11.0 Å². The highest BCUT2D eigenvalue weighted by Crippen LogP contribution is 2.29. The SMILES string of the molecule is CCc1cc2c(C)cc(=O)oc2cc1OC(=O)c1cnc(Cl)c(Cl)c1. The maximum absolute atomic E-state index is 12.4. The van der Waals surface area contributed by atoms with Crippen LogP contribution in [0.4, 0.5) is 0 Å². The number of aromatic nitrogens is 1. The fourth-order valence-corrected chi connectivity index (χ4v) is 2.72. The molecule has 128 valence electrons. The third-order valence-corrected chi connectivity index (χ3v) is 4.43. The van der Waals surface area contributed by atoms with Crippen LogP contribution in [-0.2, 0) is 6.42 Å². The molecule has 0 aliphatic carbocycles. The summed E-state index contributed by atoms with van der Waals surface area (Å²) in [5.74, 6) is -0.310. The normalized spacial score (nSPS) is 10.9. The molecule has 7 heteroatoms. The van der Waals surface area contributed by atoms with Crippen LogP contribution in [0.15, 0.2) is 39.7 Å². The number of carbonyl (C=O) groups is 1. The highest BCUT2D eigenvalue weighted by Gasteiger charge is 2.16. The van der Waals surface area contributed by atoms with Gasteiger partial charge in [-0.1, -0.05) is 30.1 Å². The molecule has 2 heterocycles. The molecule has 0 aliphatic rings. The monoisotopic (exact) mass is 377 g/mol. The van der Waals surface area contributed by atoms with E-state index in [1.807, 2.05) is 19.9 Å². The number of nitrogens with zero attached hydrogens (tertiary/aromatic N) is 1. The number of pyridine rings is 1. The van der Waals surface area contributed by atoms with E-state index in [0.717, 1.165) is 16.5 Å². The molecule has 0 unspecified atom stereocenters. The molecule has 0 bridgehead atoms. The van der Waals surface area contributed by atoms with Crippen LogP contribution in [0.3, 0.4) is 0 Å². The molecule has 1 aromatic carbocycles. The Hall–Kier alpha value is -2.37. The molecule has 5 nitrogen and oxygen atoms in total. The summed E-state index contributed by atoms with van der Waals surface area (Å²) in [6, 6.07) is 6.21. The minimum Gasteiger partial charge on any atom is -0.423 e. The Morgan fingerprint density at radius 1 is 1.24 bits per heavy atom. The van der Waals surface area contributed by atoms with Gasteiger partial charge >= 0.3 is 11.6 Å². The van der Waals surface area contributed by atoms with Crippen LogP contribution in [0.1, 0.15) is 28.4 Å². The maximum Gasteiger partial charge on any atom is 0.345 e. The van der Waals surface area contributed by atoms with Gasteiger partial charge in [0, 0.05) is 23.7 Å². The minimum atomic E-state index is -0.630. The summed E-state index contributed by atoms with van der Waals surface area (Å²) < 4.78 is 10.7. The van der Waals surface area contributed by atoms with Crippen molar-refractivity contribution in [3.63, 3.8) is 0 Å². The van der Waals surface area contributed by atoms with Gasteiger partial charge < -0.3 is 9.15 Å². The van der Waals surface area contributed by atoms with Crippen molar-refractivity contribution < 1.29 is 13.9 Å². The summed E-state index contributed by atoms with van der Waals surface area (Å²) >= 11 is 11.6. The van der Waals surface area contributed by atoms with Gasteiger partial charge in [-0.15, -0.1) is 0 Å². The lowest BCUT2D eigenvalue weighted by atomic mass is 10.1. The van der Waals surface area contributed by atoms with Gasteiger partial charge in [0.25, 0.3) is 0 Å². The summed E-state index contributed by atoms with van der Waals surface area (Å²) in [5.41, 5.74) is 1.68. The van der Waals surface area contributed by atoms with Crippen LogP contribution in [0, 0.1) is 6.92 Å². The first kappa shape index (κ1) is 17.5. The van der Waals surface area contributed by atoms with E-state index in [-0.39, 0.29) is 15.7 Å². The lowest BCUT2D eigenvalue weighted by Crippen LogP contribution is -2.10. The van der Waals surface area contributed by atoms with Gasteiger partial charge in [-0.2, -0.15) is 0 Å².